The zero-order chi connectivity index (χ0) is 20.2. The van der Waals surface area contributed by atoms with Crippen LogP contribution in [0.15, 0.2) is 48.5 Å². The predicted octanol–water partition coefficient (Wildman–Crippen LogP) is 5.86. The van der Waals surface area contributed by atoms with Crippen LogP contribution in [0.25, 0.3) is 0 Å². The van der Waals surface area contributed by atoms with Gasteiger partial charge in [0.25, 0.3) is 0 Å². The smallest absolute Gasteiger partial charge is 0.115 e. The molecule has 0 bridgehead atoms. The maximum Gasteiger partial charge on any atom is 0.115 e. The first kappa shape index (κ1) is 25.3. The summed E-state index contributed by atoms with van der Waals surface area (Å²) >= 11 is 0. The van der Waals surface area contributed by atoms with Crippen molar-refractivity contribution >= 4 is 12.4 Å². The van der Waals surface area contributed by atoms with Crippen molar-refractivity contribution in [3.8, 4) is 11.5 Å². The molecule has 29 heavy (non-hydrogen) atoms. The minimum atomic E-state index is 0. The molecule has 0 saturated carbocycles. The van der Waals surface area contributed by atoms with Gasteiger partial charge in [-0.1, -0.05) is 63.8 Å². The van der Waals surface area contributed by atoms with Crippen LogP contribution in [0.4, 0.5) is 0 Å². The number of benzene rings is 2. The van der Waals surface area contributed by atoms with E-state index in [1.54, 1.807) is 24.3 Å². The monoisotopic (exact) mass is 420 g/mol. The van der Waals surface area contributed by atoms with Gasteiger partial charge in [-0.15, -0.1) is 12.4 Å². The van der Waals surface area contributed by atoms with Gasteiger partial charge in [-0.3, -0.25) is 0 Å². The fraction of sp³-hybridized carbons (Fsp3) is 0.500. The molecule has 5 heteroatoms. The van der Waals surface area contributed by atoms with Crippen molar-refractivity contribution in [2.45, 2.75) is 64.5 Å². The maximum atomic E-state index is 9.71. The van der Waals surface area contributed by atoms with E-state index in [4.69, 9.17) is 0 Å². The Morgan fingerprint density at radius 3 is 1.28 bits per heavy atom. The molecule has 0 saturated heterocycles. The first-order chi connectivity index (χ1) is 13.7. The number of aromatic hydroxyl groups is 2. The molecule has 0 spiro atoms. The molecule has 0 aliphatic heterocycles. The molecule has 2 aromatic rings. The Balaban J connectivity index is 0.00000420. The van der Waals surface area contributed by atoms with Crippen LogP contribution >= 0.6 is 12.4 Å². The highest BCUT2D eigenvalue weighted by molar-refractivity contribution is 5.85. The second-order valence-electron chi connectivity index (χ2n) is 7.46. The molecule has 2 unspecified atom stereocenters. The second kappa shape index (κ2) is 14.3. The van der Waals surface area contributed by atoms with Crippen molar-refractivity contribution in [2.24, 2.45) is 0 Å². The van der Waals surface area contributed by atoms with Crippen LogP contribution in [-0.4, -0.2) is 23.3 Å². The number of hydrogen-bond donors (Lipinski definition) is 4. The summed E-state index contributed by atoms with van der Waals surface area (Å²) in [5, 5.41) is 26.9. The number of phenolic OH excluding ortho intramolecular Hbond substituents is 2. The van der Waals surface area contributed by atoms with Gasteiger partial charge in [0, 0.05) is 0 Å². The molecular formula is C24H37ClN2O2. The molecule has 0 heterocycles. The molecule has 2 aromatic carbocycles. The third-order valence-electron chi connectivity index (χ3n) is 5.13. The summed E-state index contributed by atoms with van der Waals surface area (Å²) in [6, 6.07) is 15.2. The quantitative estimate of drug-likeness (QED) is 0.306. The fourth-order valence-corrected chi connectivity index (χ4v) is 3.48. The van der Waals surface area contributed by atoms with Gasteiger partial charge in [-0.05, 0) is 61.3 Å². The van der Waals surface area contributed by atoms with Gasteiger partial charge in [-0.25, -0.2) is 0 Å². The number of nitrogens with one attached hydrogen (secondary N) is 2. The molecule has 0 aliphatic carbocycles. The van der Waals surface area contributed by atoms with E-state index in [9.17, 15) is 10.2 Å². The molecular weight excluding hydrogens is 384 g/mol. The molecule has 162 valence electrons. The van der Waals surface area contributed by atoms with E-state index >= 15 is 0 Å². The topological polar surface area (TPSA) is 64.5 Å². The lowest BCUT2D eigenvalue weighted by Crippen LogP contribution is -2.36. The van der Waals surface area contributed by atoms with Gasteiger partial charge in [0.15, 0.2) is 0 Å². The van der Waals surface area contributed by atoms with Gasteiger partial charge >= 0.3 is 0 Å². The molecule has 0 aromatic heterocycles. The first-order valence-corrected chi connectivity index (χ1v) is 10.7. The van der Waals surface area contributed by atoms with E-state index in [-0.39, 0.29) is 36.0 Å². The van der Waals surface area contributed by atoms with Crippen LogP contribution in [0.1, 0.15) is 75.6 Å². The Labute approximate surface area is 182 Å². The van der Waals surface area contributed by atoms with Crippen molar-refractivity contribution in [3.63, 3.8) is 0 Å². The zero-order valence-corrected chi connectivity index (χ0v) is 18.5. The predicted molar refractivity (Wildman–Crippen MR) is 124 cm³/mol. The number of halogens is 1. The van der Waals surface area contributed by atoms with Gasteiger partial charge in [0.05, 0.1) is 12.1 Å². The van der Waals surface area contributed by atoms with E-state index in [1.807, 2.05) is 24.3 Å². The fourth-order valence-electron chi connectivity index (χ4n) is 3.48. The molecule has 4 N–H and O–H groups in total. The van der Waals surface area contributed by atoms with Crippen LogP contribution in [0.2, 0.25) is 0 Å². The number of phenols is 2. The third-order valence-corrected chi connectivity index (χ3v) is 5.13. The molecule has 2 rings (SSSR count). The van der Waals surface area contributed by atoms with Gasteiger partial charge in [0.2, 0.25) is 0 Å². The molecule has 0 amide bonds. The summed E-state index contributed by atoms with van der Waals surface area (Å²) in [5.74, 6) is 0.566. The average molecular weight is 421 g/mol. The van der Waals surface area contributed by atoms with Crippen LogP contribution < -0.4 is 10.6 Å². The largest absolute Gasteiger partial charge is 0.508 e. The highest BCUT2D eigenvalue weighted by Crippen LogP contribution is 2.31. The van der Waals surface area contributed by atoms with Crippen molar-refractivity contribution in [3.05, 3.63) is 59.7 Å². The molecule has 0 fully saturated rings. The molecule has 4 nitrogen and oxygen atoms in total. The summed E-state index contributed by atoms with van der Waals surface area (Å²) in [7, 11) is 0. The van der Waals surface area contributed by atoms with Crippen LogP contribution in [-0.2, 0) is 0 Å². The Bertz CT molecular complexity index is 602. The lowest BCUT2D eigenvalue weighted by atomic mass is 9.92. The number of unbranched alkanes of at least 4 members (excludes halogenated alkanes) is 4. The van der Waals surface area contributed by atoms with Gasteiger partial charge in [-0.2, -0.15) is 0 Å². The van der Waals surface area contributed by atoms with Crippen LogP contribution in [0.3, 0.4) is 0 Å². The van der Waals surface area contributed by atoms with Crippen molar-refractivity contribution in [2.75, 3.05) is 13.1 Å². The van der Waals surface area contributed by atoms with Crippen molar-refractivity contribution in [1.82, 2.24) is 10.6 Å². The minimum Gasteiger partial charge on any atom is -0.508 e. The molecule has 2 atom stereocenters. The Kier molecular flexibility index (Phi) is 12.4. The highest BCUT2D eigenvalue weighted by atomic mass is 35.5. The van der Waals surface area contributed by atoms with Gasteiger partial charge < -0.3 is 20.8 Å². The zero-order valence-electron chi connectivity index (χ0n) is 17.7. The van der Waals surface area contributed by atoms with E-state index in [0.29, 0.717) is 0 Å². The second-order valence-corrected chi connectivity index (χ2v) is 7.46. The lowest BCUT2D eigenvalue weighted by molar-refractivity contribution is 0.376. The standard InChI is InChI=1S/C24H36N2O2.ClH/c1-3-5-7-17-25-23(19-9-13-21(27)14-10-19)24(26-18-8-6-4-2)20-11-15-22(28)16-12-20;/h9-16,23-28H,3-8,17-18H2,1-2H3;1H. The summed E-state index contributed by atoms with van der Waals surface area (Å²) < 4.78 is 0. The van der Waals surface area contributed by atoms with Crippen LogP contribution in [0, 0.1) is 0 Å². The molecule has 0 radical (unpaired) electrons. The van der Waals surface area contributed by atoms with E-state index < -0.39 is 0 Å². The minimum absolute atomic E-state index is 0. The SMILES string of the molecule is CCCCCNC(c1ccc(O)cc1)C(NCCCCC)c1ccc(O)cc1.Cl. The maximum absolute atomic E-state index is 9.71. The summed E-state index contributed by atoms with van der Waals surface area (Å²) in [6.45, 7) is 6.33. The molecule has 0 aliphatic rings. The first-order valence-electron chi connectivity index (χ1n) is 10.7. The van der Waals surface area contributed by atoms with Crippen molar-refractivity contribution < 1.29 is 10.2 Å². The van der Waals surface area contributed by atoms with E-state index in [2.05, 4.69) is 24.5 Å². The lowest BCUT2D eigenvalue weighted by Gasteiger charge is -2.30. The third kappa shape index (κ3) is 8.65. The van der Waals surface area contributed by atoms with Crippen LogP contribution in [0.5, 0.6) is 11.5 Å². The highest BCUT2D eigenvalue weighted by Gasteiger charge is 2.24. The summed E-state index contributed by atoms with van der Waals surface area (Å²) in [4.78, 5) is 0. The normalized spacial score (nSPS) is 12.9. The van der Waals surface area contributed by atoms with E-state index in [1.165, 1.54) is 25.7 Å². The van der Waals surface area contributed by atoms with E-state index in [0.717, 1.165) is 37.1 Å². The van der Waals surface area contributed by atoms with Gasteiger partial charge in [0.1, 0.15) is 11.5 Å². The Morgan fingerprint density at radius 1 is 0.621 bits per heavy atom. The average Bonchev–Trinajstić information content (AvgIpc) is 2.71. The Hall–Kier alpha value is -1.75. The number of hydrogen-bond acceptors (Lipinski definition) is 4. The summed E-state index contributed by atoms with van der Waals surface area (Å²) in [6.07, 6.45) is 7.10. The number of rotatable bonds is 13. The van der Waals surface area contributed by atoms with Crippen molar-refractivity contribution in [1.29, 1.82) is 0 Å². The Morgan fingerprint density at radius 2 is 0.966 bits per heavy atom. The summed E-state index contributed by atoms with van der Waals surface area (Å²) in [5.41, 5.74) is 2.30.